The Bertz CT molecular complexity index is 645. The fourth-order valence-corrected chi connectivity index (χ4v) is 4.46. The van der Waals surface area contributed by atoms with E-state index in [1.165, 1.54) is 13.0 Å². The summed E-state index contributed by atoms with van der Waals surface area (Å²) in [5, 5.41) is 11.7. The number of pyridine rings is 1. The van der Waals surface area contributed by atoms with E-state index in [1.807, 2.05) is 36.5 Å². The third-order valence-electron chi connectivity index (χ3n) is 5.71. The average molecular weight is 308 g/mol. The van der Waals surface area contributed by atoms with Gasteiger partial charge in [0.2, 0.25) is 0 Å². The Kier molecular flexibility index (Phi) is 3.92. The highest BCUT2D eigenvalue weighted by Crippen LogP contribution is 2.46. The van der Waals surface area contributed by atoms with Gasteiger partial charge in [0.05, 0.1) is 5.60 Å². The Balaban J connectivity index is 1.61. The van der Waals surface area contributed by atoms with E-state index in [2.05, 4.69) is 28.1 Å². The summed E-state index contributed by atoms with van der Waals surface area (Å²) >= 11 is 0. The van der Waals surface area contributed by atoms with E-state index >= 15 is 0 Å². The molecule has 0 spiro atoms. The molecule has 0 aliphatic carbocycles. The molecule has 2 fully saturated rings. The van der Waals surface area contributed by atoms with Crippen LogP contribution in [0.15, 0.2) is 54.7 Å². The van der Waals surface area contributed by atoms with Crippen LogP contribution in [0.3, 0.4) is 0 Å². The third kappa shape index (κ3) is 2.79. The van der Waals surface area contributed by atoms with Crippen molar-refractivity contribution in [1.29, 1.82) is 0 Å². The summed E-state index contributed by atoms with van der Waals surface area (Å²) in [6, 6.07) is 16.3. The van der Waals surface area contributed by atoms with Crippen molar-refractivity contribution in [2.75, 3.05) is 19.6 Å². The molecule has 4 atom stereocenters. The number of rotatable bonds is 5. The minimum atomic E-state index is -0.751. The summed E-state index contributed by atoms with van der Waals surface area (Å²) in [6.07, 6.45) is 4.61. The maximum Gasteiger partial charge on any atom is 0.0943 e. The highest BCUT2D eigenvalue weighted by molar-refractivity contribution is 5.25. The summed E-state index contributed by atoms with van der Waals surface area (Å²) in [4.78, 5) is 6.93. The Morgan fingerprint density at radius 1 is 1.09 bits per heavy atom. The summed E-state index contributed by atoms with van der Waals surface area (Å²) in [5.41, 5.74) is 1.37. The number of nitrogens with zero attached hydrogens (tertiary/aromatic N) is 2. The number of benzene rings is 1. The van der Waals surface area contributed by atoms with Gasteiger partial charge in [0, 0.05) is 30.9 Å². The topological polar surface area (TPSA) is 36.4 Å². The minimum Gasteiger partial charge on any atom is -0.385 e. The Labute approximate surface area is 138 Å². The fourth-order valence-electron chi connectivity index (χ4n) is 4.46. The molecule has 3 nitrogen and oxygen atoms in total. The molecule has 3 heterocycles. The number of aromatic nitrogens is 1. The van der Waals surface area contributed by atoms with Crippen LogP contribution < -0.4 is 0 Å². The molecule has 0 amide bonds. The molecule has 0 saturated carbocycles. The van der Waals surface area contributed by atoms with Crippen molar-refractivity contribution in [1.82, 2.24) is 9.88 Å². The second-order valence-electron chi connectivity index (χ2n) is 7.03. The molecule has 2 aliphatic heterocycles. The molecule has 4 rings (SSSR count). The van der Waals surface area contributed by atoms with Crippen LogP contribution in [0.2, 0.25) is 0 Å². The highest BCUT2D eigenvalue weighted by atomic mass is 16.3. The maximum absolute atomic E-state index is 11.7. The Morgan fingerprint density at radius 3 is 2.57 bits per heavy atom. The molecule has 2 bridgehead atoms. The van der Waals surface area contributed by atoms with E-state index in [4.69, 9.17) is 0 Å². The van der Waals surface area contributed by atoms with E-state index in [0.717, 1.165) is 37.2 Å². The molecular weight excluding hydrogens is 284 g/mol. The van der Waals surface area contributed by atoms with Crippen LogP contribution in [0.25, 0.3) is 0 Å². The van der Waals surface area contributed by atoms with Gasteiger partial charge in [-0.05, 0) is 49.4 Å². The smallest absolute Gasteiger partial charge is 0.0943 e. The quantitative estimate of drug-likeness (QED) is 0.923. The largest absolute Gasteiger partial charge is 0.385 e. The molecule has 1 aromatic carbocycles. The lowest BCUT2D eigenvalue weighted by molar-refractivity contribution is -0.0496. The van der Waals surface area contributed by atoms with E-state index in [9.17, 15) is 5.11 Å². The normalized spacial score (nSPS) is 28.7. The summed E-state index contributed by atoms with van der Waals surface area (Å²) < 4.78 is 0. The van der Waals surface area contributed by atoms with Gasteiger partial charge in [-0.3, -0.25) is 4.98 Å². The van der Waals surface area contributed by atoms with Gasteiger partial charge >= 0.3 is 0 Å². The molecule has 3 heteroatoms. The third-order valence-corrected chi connectivity index (χ3v) is 5.71. The van der Waals surface area contributed by atoms with Crippen LogP contribution in [-0.2, 0) is 12.0 Å². The molecule has 2 aliphatic rings. The fraction of sp³-hybridized carbons (Fsp3) is 0.450. The number of piperidine rings is 1. The first-order valence-corrected chi connectivity index (χ1v) is 8.66. The first-order valence-electron chi connectivity index (χ1n) is 8.66. The van der Waals surface area contributed by atoms with Crippen molar-refractivity contribution in [2.45, 2.75) is 24.9 Å². The van der Waals surface area contributed by atoms with Crippen LogP contribution in [0, 0.1) is 11.8 Å². The van der Waals surface area contributed by atoms with Gasteiger partial charge in [-0.1, -0.05) is 36.4 Å². The maximum atomic E-state index is 11.7. The van der Waals surface area contributed by atoms with Crippen molar-refractivity contribution < 1.29 is 5.11 Å². The lowest BCUT2D eigenvalue weighted by Gasteiger charge is -2.39. The van der Waals surface area contributed by atoms with Crippen molar-refractivity contribution >= 4 is 0 Å². The Hall–Kier alpha value is -1.71. The van der Waals surface area contributed by atoms with Gasteiger partial charge in [-0.25, -0.2) is 0 Å². The molecule has 2 saturated heterocycles. The predicted octanol–water partition coefficient (Wildman–Crippen LogP) is 2.85. The van der Waals surface area contributed by atoms with E-state index in [-0.39, 0.29) is 0 Å². The van der Waals surface area contributed by atoms with E-state index < -0.39 is 5.60 Å². The van der Waals surface area contributed by atoms with Crippen molar-refractivity contribution in [2.24, 2.45) is 11.8 Å². The number of aryl methyl sites for hydroxylation is 1. The second-order valence-corrected chi connectivity index (χ2v) is 7.03. The zero-order valence-electron chi connectivity index (χ0n) is 13.4. The van der Waals surface area contributed by atoms with Crippen LogP contribution in [0.1, 0.15) is 24.1 Å². The van der Waals surface area contributed by atoms with Crippen LogP contribution in [0.5, 0.6) is 0 Å². The summed E-state index contributed by atoms with van der Waals surface area (Å²) in [6.45, 7) is 3.38. The molecule has 1 aromatic heterocycles. The van der Waals surface area contributed by atoms with Crippen molar-refractivity contribution in [3.63, 3.8) is 0 Å². The standard InChI is InChI=1S/C20H24N2O/c23-20(17-6-2-1-3-7-17,11-9-18-8-4-5-12-21-18)19-15-22-13-10-16(19)14-22/h1-8,12,16,19,23H,9-11,13-15H2. The molecule has 1 N–H and O–H groups in total. The molecule has 120 valence electrons. The molecular formula is C20H24N2O. The highest BCUT2D eigenvalue weighted by Gasteiger charge is 2.49. The second kappa shape index (κ2) is 6.06. The van der Waals surface area contributed by atoms with E-state index in [1.54, 1.807) is 0 Å². The van der Waals surface area contributed by atoms with Gasteiger partial charge in [-0.15, -0.1) is 0 Å². The van der Waals surface area contributed by atoms with Crippen LogP contribution in [-0.4, -0.2) is 34.6 Å². The van der Waals surface area contributed by atoms with Gasteiger partial charge in [0.1, 0.15) is 0 Å². The van der Waals surface area contributed by atoms with Crippen LogP contribution >= 0.6 is 0 Å². The molecule has 0 radical (unpaired) electrons. The zero-order chi connectivity index (χ0) is 15.7. The van der Waals surface area contributed by atoms with E-state index in [0.29, 0.717) is 11.8 Å². The zero-order valence-corrected chi connectivity index (χ0v) is 13.4. The predicted molar refractivity (Wildman–Crippen MR) is 90.9 cm³/mol. The first kappa shape index (κ1) is 14.9. The van der Waals surface area contributed by atoms with Crippen molar-refractivity contribution in [3.05, 3.63) is 66.0 Å². The number of hydrogen-bond donors (Lipinski definition) is 1. The molecule has 4 unspecified atom stereocenters. The monoisotopic (exact) mass is 308 g/mol. The summed E-state index contributed by atoms with van der Waals surface area (Å²) in [5.74, 6) is 0.964. The lowest BCUT2D eigenvalue weighted by Crippen LogP contribution is -2.42. The number of hydrogen-bond acceptors (Lipinski definition) is 3. The van der Waals surface area contributed by atoms with Gasteiger partial charge in [-0.2, -0.15) is 0 Å². The lowest BCUT2D eigenvalue weighted by atomic mass is 9.72. The van der Waals surface area contributed by atoms with Gasteiger partial charge in [0.15, 0.2) is 0 Å². The molecule has 23 heavy (non-hydrogen) atoms. The number of aliphatic hydroxyl groups is 1. The minimum absolute atomic E-state index is 0.336. The molecule has 2 aromatic rings. The number of fused-ring (bicyclic) bond motifs is 2. The Morgan fingerprint density at radius 2 is 1.91 bits per heavy atom. The van der Waals surface area contributed by atoms with Crippen LogP contribution in [0.4, 0.5) is 0 Å². The first-order chi connectivity index (χ1) is 11.3. The SMILES string of the molecule is OC(CCc1ccccn1)(c1ccccc1)C1CN2CCC1C2. The average Bonchev–Trinajstić information content (AvgIpc) is 3.25. The van der Waals surface area contributed by atoms with Gasteiger partial charge < -0.3 is 10.0 Å². The summed E-state index contributed by atoms with van der Waals surface area (Å²) in [7, 11) is 0. The van der Waals surface area contributed by atoms with Gasteiger partial charge in [0.25, 0.3) is 0 Å². The van der Waals surface area contributed by atoms with Crippen molar-refractivity contribution in [3.8, 4) is 0 Å².